The van der Waals surface area contributed by atoms with Crippen LogP contribution in [0.5, 0.6) is 0 Å². The lowest BCUT2D eigenvalue weighted by molar-refractivity contribution is 0.0917. The van der Waals surface area contributed by atoms with Crippen molar-refractivity contribution in [2.75, 3.05) is 0 Å². The summed E-state index contributed by atoms with van der Waals surface area (Å²) in [5.74, 6) is -0.161. The molecule has 0 fully saturated rings. The molecule has 0 bridgehead atoms. The Morgan fingerprint density at radius 2 is 1.65 bits per heavy atom. The van der Waals surface area contributed by atoms with Gasteiger partial charge in [0, 0.05) is 28.4 Å². The van der Waals surface area contributed by atoms with Crippen molar-refractivity contribution in [1.82, 2.24) is 0 Å². The molecule has 0 aliphatic carbocycles. The zero-order chi connectivity index (χ0) is 14.5. The molecule has 0 amide bonds. The van der Waals surface area contributed by atoms with Crippen LogP contribution < -0.4 is 0 Å². The number of halogens is 2. The summed E-state index contributed by atoms with van der Waals surface area (Å²) in [4.78, 5) is 24.0. The van der Waals surface area contributed by atoms with E-state index in [1.807, 2.05) is 6.07 Å². The molecule has 2 aromatic carbocycles. The van der Waals surface area contributed by atoms with Crippen LogP contribution in [-0.4, -0.2) is 11.6 Å². The van der Waals surface area contributed by atoms with Crippen molar-refractivity contribution < 1.29 is 9.59 Å². The summed E-state index contributed by atoms with van der Waals surface area (Å²) < 4.78 is 0.848. The van der Waals surface area contributed by atoms with Crippen LogP contribution in [0.2, 0.25) is 5.02 Å². The summed E-state index contributed by atoms with van der Waals surface area (Å²) in [6.45, 7) is 0. The van der Waals surface area contributed by atoms with Crippen molar-refractivity contribution >= 4 is 39.1 Å². The van der Waals surface area contributed by atoms with Gasteiger partial charge in [0.15, 0.2) is 11.6 Å². The van der Waals surface area contributed by atoms with E-state index >= 15 is 0 Å². The highest BCUT2D eigenvalue weighted by molar-refractivity contribution is 9.10. The highest BCUT2D eigenvalue weighted by Gasteiger charge is 2.13. The van der Waals surface area contributed by atoms with Crippen molar-refractivity contribution in [3.63, 3.8) is 0 Å². The number of carbonyl (C=O) groups is 2. The van der Waals surface area contributed by atoms with Crippen LogP contribution >= 0.6 is 27.5 Å². The smallest absolute Gasteiger partial charge is 0.164 e. The molecule has 4 heteroatoms. The number of carbonyl (C=O) groups excluding carboxylic acids is 2. The van der Waals surface area contributed by atoms with E-state index < -0.39 is 0 Å². The Morgan fingerprint density at radius 3 is 2.35 bits per heavy atom. The zero-order valence-corrected chi connectivity index (χ0v) is 12.9. The summed E-state index contributed by atoms with van der Waals surface area (Å²) in [5, 5.41) is 0.424. The second kappa shape index (κ2) is 6.82. The molecule has 0 heterocycles. The van der Waals surface area contributed by atoms with Crippen molar-refractivity contribution in [3.05, 3.63) is 69.2 Å². The minimum absolute atomic E-state index is 0.0493. The molecule has 0 radical (unpaired) electrons. The Bertz CT molecular complexity index is 652. The second-order valence-corrected chi connectivity index (χ2v) is 5.66. The van der Waals surface area contributed by atoms with Crippen molar-refractivity contribution in [1.29, 1.82) is 0 Å². The molecular formula is C16H12BrClO2. The Hall–Kier alpha value is -1.45. The van der Waals surface area contributed by atoms with E-state index in [9.17, 15) is 9.59 Å². The molecule has 0 aliphatic heterocycles. The van der Waals surface area contributed by atoms with Gasteiger partial charge in [-0.3, -0.25) is 9.59 Å². The fourth-order valence-electron chi connectivity index (χ4n) is 1.86. The monoisotopic (exact) mass is 350 g/mol. The van der Waals surface area contributed by atoms with Crippen LogP contribution in [0.3, 0.4) is 0 Å². The summed E-state index contributed by atoms with van der Waals surface area (Å²) in [5.41, 5.74) is 1.07. The van der Waals surface area contributed by atoms with Gasteiger partial charge >= 0.3 is 0 Å². The molecule has 0 aromatic heterocycles. The Morgan fingerprint density at radius 1 is 0.950 bits per heavy atom. The first-order chi connectivity index (χ1) is 9.58. The molecule has 2 rings (SSSR count). The number of Topliss-reactive ketones (excluding diaryl/α,β-unsaturated/α-hetero) is 2. The van der Waals surface area contributed by atoms with Gasteiger partial charge in [-0.2, -0.15) is 0 Å². The maximum atomic E-state index is 12.0. The van der Waals surface area contributed by atoms with Gasteiger partial charge in [-0.25, -0.2) is 0 Å². The molecule has 0 saturated carbocycles. The molecule has 2 nitrogen and oxygen atoms in total. The lowest BCUT2D eigenvalue weighted by Gasteiger charge is -2.04. The fraction of sp³-hybridized carbons (Fsp3) is 0.125. The van der Waals surface area contributed by atoms with Gasteiger partial charge in [-0.15, -0.1) is 0 Å². The SMILES string of the molecule is O=C(CCC(=O)c1ccccc1Cl)c1cccc(Br)c1. The van der Waals surface area contributed by atoms with Gasteiger partial charge < -0.3 is 0 Å². The van der Waals surface area contributed by atoms with E-state index in [4.69, 9.17) is 11.6 Å². The average Bonchev–Trinajstić information content (AvgIpc) is 2.45. The second-order valence-electron chi connectivity index (χ2n) is 4.34. The molecule has 0 unspecified atom stereocenters. The van der Waals surface area contributed by atoms with E-state index in [-0.39, 0.29) is 24.4 Å². The van der Waals surface area contributed by atoms with E-state index in [0.29, 0.717) is 16.1 Å². The largest absolute Gasteiger partial charge is 0.294 e. The third-order valence-corrected chi connectivity index (χ3v) is 3.72. The van der Waals surface area contributed by atoms with Crippen LogP contribution in [0.1, 0.15) is 33.6 Å². The molecule has 0 N–H and O–H groups in total. The van der Waals surface area contributed by atoms with Gasteiger partial charge in [0.2, 0.25) is 0 Å². The molecule has 0 spiro atoms. The molecule has 0 atom stereocenters. The maximum Gasteiger partial charge on any atom is 0.164 e. The van der Waals surface area contributed by atoms with Gasteiger partial charge in [0.1, 0.15) is 0 Å². The van der Waals surface area contributed by atoms with Gasteiger partial charge in [-0.1, -0.05) is 51.8 Å². The highest BCUT2D eigenvalue weighted by atomic mass is 79.9. The van der Waals surface area contributed by atoms with Crippen molar-refractivity contribution in [2.45, 2.75) is 12.8 Å². The molecule has 2 aromatic rings. The predicted octanol–water partition coefficient (Wildman–Crippen LogP) is 4.95. The average molecular weight is 352 g/mol. The van der Waals surface area contributed by atoms with Crippen molar-refractivity contribution in [3.8, 4) is 0 Å². The van der Waals surface area contributed by atoms with E-state index in [1.54, 1.807) is 42.5 Å². The topological polar surface area (TPSA) is 34.1 Å². The fourth-order valence-corrected chi connectivity index (χ4v) is 2.50. The van der Waals surface area contributed by atoms with E-state index in [2.05, 4.69) is 15.9 Å². The minimum atomic E-state index is -0.112. The van der Waals surface area contributed by atoms with Gasteiger partial charge in [-0.05, 0) is 24.3 Å². The maximum absolute atomic E-state index is 12.0. The van der Waals surface area contributed by atoms with Gasteiger partial charge in [0.25, 0.3) is 0 Å². The van der Waals surface area contributed by atoms with Crippen LogP contribution in [-0.2, 0) is 0 Å². The highest BCUT2D eigenvalue weighted by Crippen LogP contribution is 2.19. The zero-order valence-electron chi connectivity index (χ0n) is 10.6. The summed E-state index contributed by atoms with van der Waals surface area (Å²) in [7, 11) is 0. The summed E-state index contributed by atoms with van der Waals surface area (Å²) >= 11 is 9.28. The lowest BCUT2D eigenvalue weighted by Crippen LogP contribution is -2.05. The van der Waals surface area contributed by atoms with Crippen molar-refractivity contribution in [2.24, 2.45) is 0 Å². The first-order valence-electron chi connectivity index (χ1n) is 6.14. The third kappa shape index (κ3) is 3.78. The summed E-state index contributed by atoms with van der Waals surface area (Å²) in [6, 6.07) is 14.0. The predicted molar refractivity (Wildman–Crippen MR) is 83.5 cm³/mol. The molecule has 0 aliphatic rings. The Kier molecular flexibility index (Phi) is 5.10. The quantitative estimate of drug-likeness (QED) is 0.714. The number of rotatable bonds is 5. The normalized spacial score (nSPS) is 10.3. The summed E-state index contributed by atoms with van der Waals surface area (Å²) in [6.07, 6.45) is 0.343. The first-order valence-corrected chi connectivity index (χ1v) is 7.31. The van der Waals surface area contributed by atoms with Crippen LogP contribution in [0.25, 0.3) is 0 Å². The van der Waals surface area contributed by atoms with Crippen LogP contribution in [0, 0.1) is 0 Å². The molecular weight excluding hydrogens is 340 g/mol. The number of hydrogen-bond acceptors (Lipinski definition) is 2. The van der Waals surface area contributed by atoms with Crippen LogP contribution in [0.4, 0.5) is 0 Å². The van der Waals surface area contributed by atoms with E-state index in [0.717, 1.165) is 4.47 Å². The number of hydrogen-bond donors (Lipinski definition) is 0. The number of ketones is 2. The Balaban J connectivity index is 2.01. The molecule has 102 valence electrons. The molecule has 20 heavy (non-hydrogen) atoms. The minimum Gasteiger partial charge on any atom is -0.294 e. The lowest BCUT2D eigenvalue weighted by atomic mass is 10.0. The van der Waals surface area contributed by atoms with E-state index in [1.165, 1.54) is 0 Å². The third-order valence-electron chi connectivity index (χ3n) is 2.90. The first kappa shape index (κ1) is 14.9. The van der Waals surface area contributed by atoms with Crippen LogP contribution in [0.15, 0.2) is 53.0 Å². The number of benzene rings is 2. The molecule has 0 saturated heterocycles. The Labute approximate surface area is 130 Å². The standard InChI is InChI=1S/C16H12BrClO2/c17-12-5-3-4-11(10-12)15(19)8-9-16(20)13-6-1-2-7-14(13)18/h1-7,10H,8-9H2. The van der Waals surface area contributed by atoms with Gasteiger partial charge in [0.05, 0.1) is 5.02 Å².